The Bertz CT molecular complexity index is 943. The Labute approximate surface area is 165 Å². The third kappa shape index (κ3) is 5.32. The summed E-state index contributed by atoms with van der Waals surface area (Å²) in [5, 5.41) is 5.46. The van der Waals surface area contributed by atoms with Gasteiger partial charge in [0.15, 0.2) is 0 Å². The van der Waals surface area contributed by atoms with Crippen LogP contribution >= 0.6 is 0 Å². The standard InChI is InChI=1S/C20H25N3O4S/c1-14(2)21-20(25)17-12-8-9-13-18(17)22-19(24)15(3)23(28(4,26)27)16-10-6-5-7-11-16/h5-15H,1-4H3,(H,21,25)(H,22,24)/t15-/m1/s1. The Morgan fingerprint density at radius 3 is 2.07 bits per heavy atom. The molecule has 0 aliphatic heterocycles. The maximum Gasteiger partial charge on any atom is 0.253 e. The molecule has 0 aliphatic rings. The van der Waals surface area contributed by atoms with Crippen LogP contribution in [0.3, 0.4) is 0 Å². The molecule has 7 nitrogen and oxygen atoms in total. The van der Waals surface area contributed by atoms with Crippen molar-refractivity contribution in [1.82, 2.24) is 5.32 Å². The minimum Gasteiger partial charge on any atom is -0.350 e. The quantitative estimate of drug-likeness (QED) is 0.743. The molecule has 0 saturated carbocycles. The van der Waals surface area contributed by atoms with E-state index in [0.717, 1.165) is 10.6 Å². The summed E-state index contributed by atoms with van der Waals surface area (Å²) in [5.41, 5.74) is 1.01. The summed E-state index contributed by atoms with van der Waals surface area (Å²) in [4.78, 5) is 25.2. The Morgan fingerprint density at radius 2 is 1.50 bits per heavy atom. The van der Waals surface area contributed by atoms with E-state index >= 15 is 0 Å². The van der Waals surface area contributed by atoms with Crippen LogP contribution in [0.5, 0.6) is 0 Å². The fourth-order valence-electron chi connectivity index (χ4n) is 2.75. The van der Waals surface area contributed by atoms with Gasteiger partial charge >= 0.3 is 0 Å². The Morgan fingerprint density at radius 1 is 0.929 bits per heavy atom. The number of para-hydroxylation sites is 2. The number of hydrogen-bond donors (Lipinski definition) is 2. The van der Waals surface area contributed by atoms with Crippen LogP contribution in [0.4, 0.5) is 11.4 Å². The average Bonchev–Trinajstić information content (AvgIpc) is 2.61. The van der Waals surface area contributed by atoms with E-state index in [1.165, 1.54) is 6.92 Å². The molecule has 8 heteroatoms. The molecule has 2 amide bonds. The summed E-state index contributed by atoms with van der Waals surface area (Å²) in [5.74, 6) is -0.861. The van der Waals surface area contributed by atoms with Gasteiger partial charge in [0.1, 0.15) is 6.04 Å². The highest BCUT2D eigenvalue weighted by atomic mass is 32.2. The van der Waals surface area contributed by atoms with Gasteiger partial charge in [-0.15, -0.1) is 0 Å². The average molecular weight is 404 g/mol. The third-order valence-corrected chi connectivity index (χ3v) is 5.19. The van der Waals surface area contributed by atoms with E-state index in [9.17, 15) is 18.0 Å². The Balaban J connectivity index is 2.30. The van der Waals surface area contributed by atoms with Crippen LogP contribution in [0.15, 0.2) is 54.6 Å². The first-order chi connectivity index (χ1) is 13.1. The molecule has 0 unspecified atom stereocenters. The number of nitrogens with one attached hydrogen (secondary N) is 2. The van der Waals surface area contributed by atoms with Gasteiger partial charge in [-0.05, 0) is 45.0 Å². The SMILES string of the molecule is CC(C)NC(=O)c1ccccc1NC(=O)[C@@H](C)N(c1ccccc1)S(C)(=O)=O. The Hall–Kier alpha value is -2.87. The number of anilines is 2. The molecule has 2 aromatic carbocycles. The highest BCUT2D eigenvalue weighted by molar-refractivity contribution is 7.92. The van der Waals surface area contributed by atoms with Crippen LogP contribution in [-0.2, 0) is 14.8 Å². The van der Waals surface area contributed by atoms with Gasteiger partial charge in [-0.25, -0.2) is 8.42 Å². The van der Waals surface area contributed by atoms with Gasteiger partial charge in [0.2, 0.25) is 15.9 Å². The number of rotatable bonds is 7. The van der Waals surface area contributed by atoms with Crippen molar-refractivity contribution in [2.75, 3.05) is 15.9 Å². The smallest absolute Gasteiger partial charge is 0.253 e. The topological polar surface area (TPSA) is 95.6 Å². The van der Waals surface area contributed by atoms with Crippen molar-refractivity contribution in [3.05, 3.63) is 60.2 Å². The minimum atomic E-state index is -3.70. The fourth-order valence-corrected chi connectivity index (χ4v) is 3.93. The largest absolute Gasteiger partial charge is 0.350 e. The highest BCUT2D eigenvalue weighted by Gasteiger charge is 2.29. The summed E-state index contributed by atoms with van der Waals surface area (Å²) < 4.78 is 25.7. The van der Waals surface area contributed by atoms with Crippen molar-refractivity contribution in [3.63, 3.8) is 0 Å². The number of carbonyl (C=O) groups excluding carboxylic acids is 2. The lowest BCUT2D eigenvalue weighted by atomic mass is 10.1. The lowest BCUT2D eigenvalue weighted by Gasteiger charge is -2.28. The van der Waals surface area contributed by atoms with E-state index in [0.29, 0.717) is 16.9 Å². The van der Waals surface area contributed by atoms with Gasteiger partial charge in [0, 0.05) is 6.04 Å². The summed E-state index contributed by atoms with van der Waals surface area (Å²) in [7, 11) is -3.70. The van der Waals surface area contributed by atoms with E-state index in [-0.39, 0.29) is 11.9 Å². The maximum atomic E-state index is 12.8. The number of sulfonamides is 1. The first-order valence-corrected chi connectivity index (χ1v) is 10.7. The predicted octanol–water partition coefficient (Wildman–Crippen LogP) is 2.62. The van der Waals surface area contributed by atoms with Crippen molar-refractivity contribution in [3.8, 4) is 0 Å². The number of hydrogen-bond acceptors (Lipinski definition) is 4. The Kier molecular flexibility index (Phi) is 6.80. The monoisotopic (exact) mass is 403 g/mol. The van der Waals surface area contributed by atoms with E-state index in [4.69, 9.17) is 0 Å². The number of benzene rings is 2. The molecule has 150 valence electrons. The lowest BCUT2D eigenvalue weighted by Crippen LogP contribution is -2.45. The van der Waals surface area contributed by atoms with Gasteiger partial charge in [0.05, 0.1) is 23.2 Å². The van der Waals surface area contributed by atoms with Crippen molar-refractivity contribution in [2.45, 2.75) is 32.9 Å². The zero-order chi connectivity index (χ0) is 20.9. The molecule has 2 aromatic rings. The molecule has 2 rings (SSSR count). The molecule has 2 N–H and O–H groups in total. The van der Waals surface area contributed by atoms with Crippen molar-refractivity contribution < 1.29 is 18.0 Å². The van der Waals surface area contributed by atoms with E-state index in [1.54, 1.807) is 54.6 Å². The molecule has 0 bridgehead atoms. The van der Waals surface area contributed by atoms with Gasteiger partial charge in [-0.3, -0.25) is 13.9 Å². The summed E-state index contributed by atoms with van der Waals surface area (Å²) in [6, 6.07) is 13.9. The molecule has 0 radical (unpaired) electrons. The second-order valence-electron chi connectivity index (χ2n) is 6.73. The van der Waals surface area contributed by atoms with Crippen LogP contribution < -0.4 is 14.9 Å². The number of carbonyl (C=O) groups is 2. The fraction of sp³-hybridized carbons (Fsp3) is 0.300. The molecule has 0 spiro atoms. The van der Waals surface area contributed by atoms with E-state index in [2.05, 4.69) is 10.6 Å². The summed E-state index contributed by atoms with van der Waals surface area (Å²) in [6.07, 6.45) is 1.05. The highest BCUT2D eigenvalue weighted by Crippen LogP contribution is 2.22. The van der Waals surface area contributed by atoms with Crippen LogP contribution in [0.1, 0.15) is 31.1 Å². The van der Waals surface area contributed by atoms with E-state index in [1.807, 2.05) is 13.8 Å². The van der Waals surface area contributed by atoms with Crippen LogP contribution in [0.2, 0.25) is 0 Å². The molecule has 28 heavy (non-hydrogen) atoms. The van der Waals surface area contributed by atoms with Crippen molar-refractivity contribution in [1.29, 1.82) is 0 Å². The van der Waals surface area contributed by atoms with Crippen molar-refractivity contribution >= 4 is 33.2 Å². The first kappa shape index (κ1) is 21.4. The van der Waals surface area contributed by atoms with Gasteiger partial charge in [0.25, 0.3) is 5.91 Å². The number of nitrogens with zero attached hydrogens (tertiary/aromatic N) is 1. The van der Waals surface area contributed by atoms with Crippen LogP contribution in [0.25, 0.3) is 0 Å². The molecule has 0 fully saturated rings. The second-order valence-corrected chi connectivity index (χ2v) is 8.59. The molecule has 0 saturated heterocycles. The maximum absolute atomic E-state index is 12.8. The molecular formula is C20H25N3O4S. The normalized spacial score (nSPS) is 12.3. The predicted molar refractivity (Wildman–Crippen MR) is 111 cm³/mol. The zero-order valence-electron chi connectivity index (χ0n) is 16.3. The third-order valence-electron chi connectivity index (χ3n) is 3.95. The molecule has 1 atom stereocenters. The van der Waals surface area contributed by atoms with Crippen LogP contribution in [0, 0.1) is 0 Å². The van der Waals surface area contributed by atoms with Gasteiger partial charge in [-0.1, -0.05) is 30.3 Å². The zero-order valence-corrected chi connectivity index (χ0v) is 17.2. The van der Waals surface area contributed by atoms with Gasteiger partial charge < -0.3 is 10.6 Å². The molecular weight excluding hydrogens is 378 g/mol. The lowest BCUT2D eigenvalue weighted by molar-refractivity contribution is -0.116. The first-order valence-electron chi connectivity index (χ1n) is 8.86. The minimum absolute atomic E-state index is 0.0611. The van der Waals surface area contributed by atoms with Gasteiger partial charge in [-0.2, -0.15) is 0 Å². The summed E-state index contributed by atoms with van der Waals surface area (Å²) in [6.45, 7) is 5.18. The molecule has 0 aromatic heterocycles. The van der Waals surface area contributed by atoms with E-state index < -0.39 is 22.0 Å². The molecule has 0 aliphatic carbocycles. The second kappa shape index (κ2) is 8.88. The van der Waals surface area contributed by atoms with Crippen molar-refractivity contribution in [2.24, 2.45) is 0 Å². The van der Waals surface area contributed by atoms with Crippen LogP contribution in [-0.4, -0.2) is 38.6 Å². The molecule has 0 heterocycles. The number of amides is 2. The summed E-state index contributed by atoms with van der Waals surface area (Å²) >= 11 is 0.